The van der Waals surface area contributed by atoms with E-state index in [-0.39, 0.29) is 30.9 Å². The van der Waals surface area contributed by atoms with Gasteiger partial charge in [-0.15, -0.1) is 0 Å². The first-order valence-electron chi connectivity index (χ1n) is 5.64. The second kappa shape index (κ2) is 5.41. The van der Waals surface area contributed by atoms with E-state index in [0.717, 1.165) is 4.90 Å². The fraction of sp³-hybridized carbons (Fsp3) is 0.818. The molecule has 0 radical (unpaired) electrons. The molecule has 2 N–H and O–H groups in total. The zero-order chi connectivity index (χ0) is 12.3. The van der Waals surface area contributed by atoms with Crippen LogP contribution in [0, 0.1) is 5.92 Å². The zero-order valence-corrected chi connectivity index (χ0v) is 10.1. The van der Waals surface area contributed by atoms with Crippen molar-refractivity contribution in [1.82, 2.24) is 10.2 Å². The number of hydrogen-bond acceptors (Lipinski definition) is 4. The predicted octanol–water partition coefficient (Wildman–Crippen LogP) is -0.260. The highest BCUT2D eigenvalue weighted by atomic mass is 16.3. The number of hydrogen-bond donors (Lipinski definition) is 2. The second-order valence-electron chi connectivity index (χ2n) is 4.58. The molecule has 92 valence electrons. The van der Waals surface area contributed by atoms with Crippen LogP contribution in [0.15, 0.2) is 0 Å². The van der Waals surface area contributed by atoms with Crippen molar-refractivity contribution in [3.8, 4) is 0 Å². The zero-order valence-electron chi connectivity index (χ0n) is 10.1. The van der Waals surface area contributed by atoms with Crippen molar-refractivity contribution in [3.05, 3.63) is 0 Å². The molecule has 0 aromatic carbocycles. The molecule has 0 bridgehead atoms. The van der Waals surface area contributed by atoms with Gasteiger partial charge in [-0.25, -0.2) is 0 Å². The largest absolute Gasteiger partial charge is 0.396 e. The molecular weight excluding hydrogens is 208 g/mol. The molecule has 0 aromatic rings. The van der Waals surface area contributed by atoms with Crippen LogP contribution < -0.4 is 5.32 Å². The van der Waals surface area contributed by atoms with Crippen molar-refractivity contribution in [2.24, 2.45) is 5.92 Å². The van der Waals surface area contributed by atoms with E-state index < -0.39 is 6.04 Å². The molecule has 5 nitrogen and oxygen atoms in total. The first-order chi connectivity index (χ1) is 7.47. The molecule has 0 saturated carbocycles. The number of nitrogens with one attached hydrogen (secondary N) is 1. The number of carbonyl (C=O) groups excluding carboxylic acids is 2. The van der Waals surface area contributed by atoms with Crippen molar-refractivity contribution in [1.29, 1.82) is 0 Å². The molecule has 1 heterocycles. The quantitative estimate of drug-likeness (QED) is 0.636. The SMILES string of the molecule is CC(C)C(CCO)NC1CC(=O)N(C)C1=O. The average molecular weight is 228 g/mol. The molecule has 0 spiro atoms. The summed E-state index contributed by atoms with van der Waals surface area (Å²) in [7, 11) is 1.50. The number of nitrogens with zero attached hydrogens (tertiary/aromatic N) is 1. The summed E-state index contributed by atoms with van der Waals surface area (Å²) in [6.07, 6.45) is 0.823. The fourth-order valence-corrected chi connectivity index (χ4v) is 1.89. The van der Waals surface area contributed by atoms with Crippen LogP contribution in [0.5, 0.6) is 0 Å². The molecule has 1 saturated heterocycles. The van der Waals surface area contributed by atoms with Crippen LogP contribution in [-0.2, 0) is 9.59 Å². The van der Waals surface area contributed by atoms with Gasteiger partial charge in [-0.1, -0.05) is 13.8 Å². The van der Waals surface area contributed by atoms with E-state index in [2.05, 4.69) is 5.32 Å². The van der Waals surface area contributed by atoms with Gasteiger partial charge in [0.05, 0.1) is 12.5 Å². The molecule has 2 unspecified atom stereocenters. The molecule has 0 aliphatic carbocycles. The maximum Gasteiger partial charge on any atom is 0.246 e. The van der Waals surface area contributed by atoms with Crippen LogP contribution in [0.1, 0.15) is 26.7 Å². The van der Waals surface area contributed by atoms with Crippen molar-refractivity contribution in [2.45, 2.75) is 38.8 Å². The second-order valence-corrected chi connectivity index (χ2v) is 4.58. The van der Waals surface area contributed by atoms with Crippen molar-refractivity contribution < 1.29 is 14.7 Å². The third-order valence-electron chi connectivity index (χ3n) is 3.04. The lowest BCUT2D eigenvalue weighted by Crippen LogP contribution is -2.45. The fourth-order valence-electron chi connectivity index (χ4n) is 1.89. The normalized spacial score (nSPS) is 23.3. The van der Waals surface area contributed by atoms with Crippen LogP contribution in [0.4, 0.5) is 0 Å². The topological polar surface area (TPSA) is 69.6 Å². The molecule has 1 aliphatic heterocycles. The Bertz CT molecular complexity index is 278. The van der Waals surface area contributed by atoms with Crippen LogP contribution >= 0.6 is 0 Å². The summed E-state index contributed by atoms with van der Waals surface area (Å²) in [6, 6.07) is -0.352. The van der Waals surface area contributed by atoms with Gasteiger partial charge in [-0.3, -0.25) is 14.5 Å². The summed E-state index contributed by atoms with van der Waals surface area (Å²) in [6.45, 7) is 4.14. The lowest BCUT2D eigenvalue weighted by atomic mass is 10.00. The summed E-state index contributed by atoms with van der Waals surface area (Å²) >= 11 is 0. The van der Waals surface area contributed by atoms with E-state index in [1.807, 2.05) is 13.8 Å². The number of likely N-dealkylation sites (N-methyl/N-ethyl adjacent to an activating group) is 1. The van der Waals surface area contributed by atoms with Crippen LogP contribution in [0.3, 0.4) is 0 Å². The summed E-state index contributed by atoms with van der Waals surface area (Å²) in [5.74, 6) is 0.00329. The molecule has 2 atom stereocenters. The number of imide groups is 1. The molecule has 1 fully saturated rings. The molecule has 1 aliphatic rings. The number of amides is 2. The van der Waals surface area contributed by atoms with E-state index in [0.29, 0.717) is 12.3 Å². The Labute approximate surface area is 95.8 Å². The Morgan fingerprint density at radius 1 is 1.50 bits per heavy atom. The summed E-state index contributed by atoms with van der Waals surface area (Å²) < 4.78 is 0. The van der Waals surface area contributed by atoms with Crippen LogP contribution in [-0.4, -0.2) is 47.6 Å². The number of carbonyl (C=O) groups is 2. The van der Waals surface area contributed by atoms with Gasteiger partial charge in [0.2, 0.25) is 11.8 Å². The maximum absolute atomic E-state index is 11.7. The van der Waals surface area contributed by atoms with Crippen LogP contribution in [0.25, 0.3) is 0 Å². The van der Waals surface area contributed by atoms with Gasteiger partial charge in [0, 0.05) is 19.7 Å². The molecule has 2 amide bonds. The number of aliphatic hydroxyl groups is 1. The van der Waals surface area contributed by atoms with Gasteiger partial charge in [0.15, 0.2) is 0 Å². The smallest absolute Gasteiger partial charge is 0.246 e. The Hall–Kier alpha value is -0.940. The molecular formula is C11H20N2O3. The van der Waals surface area contributed by atoms with Gasteiger partial charge in [-0.05, 0) is 12.3 Å². The van der Waals surface area contributed by atoms with E-state index >= 15 is 0 Å². The third kappa shape index (κ3) is 2.80. The highest BCUT2D eigenvalue weighted by molar-refractivity contribution is 6.05. The van der Waals surface area contributed by atoms with Gasteiger partial charge in [0.25, 0.3) is 0 Å². The summed E-state index contributed by atoms with van der Waals surface area (Å²) in [5, 5.41) is 12.1. The Morgan fingerprint density at radius 2 is 2.12 bits per heavy atom. The van der Waals surface area contributed by atoms with Gasteiger partial charge in [-0.2, -0.15) is 0 Å². The van der Waals surface area contributed by atoms with Crippen LogP contribution in [0.2, 0.25) is 0 Å². The van der Waals surface area contributed by atoms with Gasteiger partial charge >= 0.3 is 0 Å². The lowest BCUT2D eigenvalue weighted by Gasteiger charge is -2.24. The average Bonchev–Trinajstić information content (AvgIpc) is 2.45. The van der Waals surface area contributed by atoms with Crippen molar-refractivity contribution in [3.63, 3.8) is 0 Å². The first kappa shape index (κ1) is 13.1. The maximum atomic E-state index is 11.7. The first-order valence-corrected chi connectivity index (χ1v) is 5.64. The van der Waals surface area contributed by atoms with Crippen molar-refractivity contribution in [2.75, 3.05) is 13.7 Å². The minimum absolute atomic E-state index is 0.0678. The standard InChI is InChI=1S/C11H20N2O3/c1-7(2)8(4-5-14)12-9-6-10(15)13(3)11(9)16/h7-9,12,14H,4-6H2,1-3H3. The Kier molecular flexibility index (Phi) is 4.44. The van der Waals surface area contributed by atoms with E-state index in [1.165, 1.54) is 7.05 Å². The monoisotopic (exact) mass is 228 g/mol. The van der Waals surface area contributed by atoms with Gasteiger partial charge in [0.1, 0.15) is 0 Å². The Morgan fingerprint density at radius 3 is 2.50 bits per heavy atom. The minimum Gasteiger partial charge on any atom is -0.396 e. The van der Waals surface area contributed by atoms with Crippen molar-refractivity contribution >= 4 is 11.8 Å². The number of rotatable bonds is 5. The van der Waals surface area contributed by atoms with E-state index in [9.17, 15) is 9.59 Å². The van der Waals surface area contributed by atoms with E-state index in [1.54, 1.807) is 0 Å². The number of aliphatic hydroxyl groups excluding tert-OH is 1. The minimum atomic E-state index is -0.420. The summed E-state index contributed by atoms with van der Waals surface area (Å²) in [5.41, 5.74) is 0. The highest BCUT2D eigenvalue weighted by Crippen LogP contribution is 2.14. The Balaban J connectivity index is 2.59. The molecule has 1 rings (SSSR count). The number of likely N-dealkylation sites (tertiary alicyclic amines) is 1. The van der Waals surface area contributed by atoms with E-state index in [4.69, 9.17) is 5.11 Å². The molecule has 0 aromatic heterocycles. The predicted molar refractivity (Wildman–Crippen MR) is 59.6 cm³/mol. The molecule has 5 heteroatoms. The molecule has 16 heavy (non-hydrogen) atoms. The summed E-state index contributed by atoms with van der Waals surface area (Å²) in [4.78, 5) is 24.1. The lowest BCUT2D eigenvalue weighted by molar-refractivity contribution is -0.137. The van der Waals surface area contributed by atoms with Gasteiger partial charge < -0.3 is 10.4 Å². The third-order valence-corrected chi connectivity index (χ3v) is 3.04. The highest BCUT2D eigenvalue weighted by Gasteiger charge is 2.37.